The molecule has 1 aromatic carbocycles. The Kier molecular flexibility index (Phi) is 2.26. The van der Waals surface area contributed by atoms with Gasteiger partial charge in [-0.1, -0.05) is 6.07 Å². The number of Topliss-reactive ketones (excluding diaryl/α,β-unsaturated/α-hetero) is 1. The average Bonchev–Trinajstić information content (AvgIpc) is 3.03. The predicted molar refractivity (Wildman–Crippen MR) is 72.7 cm³/mol. The number of fused-ring (bicyclic) bond motifs is 2. The molecule has 4 rings (SSSR count). The third-order valence-electron chi connectivity index (χ3n) is 3.25. The van der Waals surface area contributed by atoms with Gasteiger partial charge in [-0.3, -0.25) is 9.78 Å². The molecule has 98 valence electrons. The smallest absolute Gasteiger partial charge is 0.231 e. The summed E-state index contributed by atoms with van der Waals surface area (Å²) in [6, 6.07) is 9.06. The van der Waals surface area contributed by atoms with Gasteiger partial charge < -0.3 is 14.8 Å². The Bertz CT molecular complexity index is 738. The number of ketones is 1. The lowest BCUT2D eigenvalue weighted by Gasteiger charge is -2.00. The zero-order valence-electron chi connectivity index (χ0n) is 10.4. The van der Waals surface area contributed by atoms with E-state index in [-0.39, 0.29) is 12.6 Å². The van der Waals surface area contributed by atoms with Crippen LogP contribution in [0.2, 0.25) is 0 Å². The van der Waals surface area contributed by atoms with Gasteiger partial charge in [0.05, 0.1) is 22.6 Å². The second-order valence-corrected chi connectivity index (χ2v) is 4.52. The molecule has 0 spiro atoms. The second-order valence-electron chi connectivity index (χ2n) is 4.52. The van der Waals surface area contributed by atoms with Crippen molar-refractivity contribution in [2.24, 2.45) is 0 Å². The van der Waals surface area contributed by atoms with Crippen molar-refractivity contribution in [1.29, 1.82) is 0 Å². The number of rotatable bonds is 1. The SMILES string of the molecule is O=C1/C(=C/c2ccccn2)Nc2cc3c(cc21)OCO3. The summed E-state index contributed by atoms with van der Waals surface area (Å²) >= 11 is 0. The Morgan fingerprint density at radius 2 is 2.05 bits per heavy atom. The van der Waals surface area contributed by atoms with Crippen LogP contribution in [-0.4, -0.2) is 17.6 Å². The standard InChI is InChI=1S/C15H10N2O3/c18-15-10-6-13-14(20-8-19-13)7-11(10)17-12(15)5-9-3-1-2-4-16-9/h1-7,17H,8H2/b12-5-. The fourth-order valence-electron chi connectivity index (χ4n) is 2.29. The molecule has 0 aliphatic carbocycles. The molecular formula is C15H10N2O3. The number of hydrogen-bond donors (Lipinski definition) is 1. The minimum absolute atomic E-state index is 0.0658. The predicted octanol–water partition coefficient (Wildman–Crippen LogP) is 2.46. The van der Waals surface area contributed by atoms with Gasteiger partial charge in [0, 0.05) is 12.3 Å². The number of benzene rings is 1. The van der Waals surface area contributed by atoms with Crippen molar-refractivity contribution in [3.05, 3.63) is 53.5 Å². The van der Waals surface area contributed by atoms with Gasteiger partial charge in [-0.15, -0.1) is 0 Å². The minimum atomic E-state index is -0.0658. The highest BCUT2D eigenvalue weighted by Crippen LogP contribution is 2.40. The van der Waals surface area contributed by atoms with E-state index in [2.05, 4.69) is 10.3 Å². The van der Waals surface area contributed by atoms with Gasteiger partial charge in [-0.2, -0.15) is 0 Å². The van der Waals surface area contributed by atoms with E-state index in [0.717, 1.165) is 11.4 Å². The van der Waals surface area contributed by atoms with Gasteiger partial charge in [0.1, 0.15) is 0 Å². The number of pyridine rings is 1. The van der Waals surface area contributed by atoms with Crippen molar-refractivity contribution in [2.45, 2.75) is 0 Å². The highest BCUT2D eigenvalue weighted by atomic mass is 16.7. The number of allylic oxidation sites excluding steroid dienone is 1. The van der Waals surface area contributed by atoms with Crippen molar-refractivity contribution in [2.75, 3.05) is 12.1 Å². The first-order valence-corrected chi connectivity index (χ1v) is 6.19. The maximum Gasteiger partial charge on any atom is 0.231 e. The van der Waals surface area contributed by atoms with Crippen molar-refractivity contribution < 1.29 is 14.3 Å². The summed E-state index contributed by atoms with van der Waals surface area (Å²) in [6.45, 7) is 0.197. The fourth-order valence-corrected chi connectivity index (χ4v) is 2.29. The summed E-state index contributed by atoms with van der Waals surface area (Å²) in [6.07, 6.45) is 3.42. The zero-order valence-corrected chi connectivity index (χ0v) is 10.4. The van der Waals surface area contributed by atoms with Crippen LogP contribution in [0, 0.1) is 0 Å². The van der Waals surface area contributed by atoms with E-state index in [9.17, 15) is 4.79 Å². The van der Waals surface area contributed by atoms with Crippen molar-refractivity contribution in [3.63, 3.8) is 0 Å². The quantitative estimate of drug-likeness (QED) is 0.803. The Balaban J connectivity index is 1.74. The van der Waals surface area contributed by atoms with Crippen LogP contribution in [0.15, 0.2) is 42.2 Å². The Hall–Kier alpha value is -2.82. The number of anilines is 1. The number of nitrogens with zero attached hydrogens (tertiary/aromatic N) is 1. The van der Waals surface area contributed by atoms with Gasteiger partial charge in [0.25, 0.3) is 0 Å². The maximum absolute atomic E-state index is 12.3. The van der Waals surface area contributed by atoms with Crippen LogP contribution in [0.1, 0.15) is 16.1 Å². The summed E-state index contributed by atoms with van der Waals surface area (Å²) in [5.74, 6) is 1.20. The largest absolute Gasteiger partial charge is 0.454 e. The van der Waals surface area contributed by atoms with Gasteiger partial charge in [0.15, 0.2) is 11.5 Å². The molecular weight excluding hydrogens is 256 g/mol. The molecule has 20 heavy (non-hydrogen) atoms. The summed E-state index contributed by atoms with van der Waals surface area (Å²) in [7, 11) is 0. The molecule has 0 amide bonds. The van der Waals surface area contributed by atoms with Gasteiger partial charge in [0.2, 0.25) is 12.6 Å². The maximum atomic E-state index is 12.3. The third kappa shape index (κ3) is 1.64. The molecule has 2 aromatic rings. The summed E-state index contributed by atoms with van der Waals surface area (Å²) in [5, 5.41) is 3.10. The van der Waals surface area contributed by atoms with Gasteiger partial charge in [-0.05, 0) is 24.3 Å². The molecule has 0 fully saturated rings. The van der Waals surface area contributed by atoms with E-state index in [1.807, 2.05) is 18.2 Å². The van der Waals surface area contributed by atoms with Crippen LogP contribution in [0.5, 0.6) is 11.5 Å². The lowest BCUT2D eigenvalue weighted by Crippen LogP contribution is -2.00. The lowest BCUT2D eigenvalue weighted by molar-refractivity contribution is 0.104. The first-order chi connectivity index (χ1) is 9.81. The second kappa shape index (κ2) is 4.09. The molecule has 2 aliphatic rings. The van der Waals surface area contributed by atoms with E-state index in [0.29, 0.717) is 22.8 Å². The number of nitrogens with one attached hydrogen (secondary N) is 1. The molecule has 0 bridgehead atoms. The van der Waals surface area contributed by atoms with Crippen molar-refractivity contribution >= 4 is 17.5 Å². The summed E-state index contributed by atoms with van der Waals surface area (Å²) < 4.78 is 10.6. The highest BCUT2D eigenvalue weighted by molar-refractivity contribution is 6.20. The molecule has 0 atom stereocenters. The molecule has 2 aliphatic heterocycles. The number of hydrogen-bond acceptors (Lipinski definition) is 5. The Morgan fingerprint density at radius 3 is 2.85 bits per heavy atom. The van der Waals surface area contributed by atoms with E-state index in [1.165, 1.54) is 0 Å². The molecule has 1 aromatic heterocycles. The van der Waals surface area contributed by atoms with Crippen LogP contribution in [0.3, 0.4) is 0 Å². The monoisotopic (exact) mass is 266 g/mol. The lowest BCUT2D eigenvalue weighted by atomic mass is 10.1. The van der Waals surface area contributed by atoms with E-state index in [1.54, 1.807) is 24.4 Å². The van der Waals surface area contributed by atoms with E-state index < -0.39 is 0 Å². The summed E-state index contributed by atoms with van der Waals surface area (Å²) in [5.41, 5.74) is 2.57. The zero-order chi connectivity index (χ0) is 13.5. The van der Waals surface area contributed by atoms with Crippen LogP contribution >= 0.6 is 0 Å². The molecule has 0 saturated heterocycles. The average molecular weight is 266 g/mol. The highest BCUT2D eigenvalue weighted by Gasteiger charge is 2.28. The van der Waals surface area contributed by atoms with Crippen LogP contribution in [0.4, 0.5) is 5.69 Å². The van der Waals surface area contributed by atoms with Crippen LogP contribution < -0.4 is 14.8 Å². The Labute approximate surface area is 114 Å². The topological polar surface area (TPSA) is 60.5 Å². The summed E-state index contributed by atoms with van der Waals surface area (Å²) in [4.78, 5) is 16.5. The first kappa shape index (κ1) is 11.0. The van der Waals surface area contributed by atoms with Gasteiger partial charge in [-0.25, -0.2) is 0 Å². The van der Waals surface area contributed by atoms with Crippen molar-refractivity contribution in [1.82, 2.24) is 4.98 Å². The van der Waals surface area contributed by atoms with Gasteiger partial charge >= 0.3 is 0 Å². The number of ether oxygens (including phenoxy) is 2. The molecule has 1 N–H and O–H groups in total. The number of aromatic nitrogens is 1. The molecule has 5 heteroatoms. The number of carbonyl (C=O) groups is 1. The fraction of sp³-hybridized carbons (Fsp3) is 0.0667. The molecule has 5 nitrogen and oxygen atoms in total. The normalized spacial score (nSPS) is 17.2. The van der Waals surface area contributed by atoms with E-state index >= 15 is 0 Å². The van der Waals surface area contributed by atoms with E-state index in [4.69, 9.17) is 9.47 Å². The minimum Gasteiger partial charge on any atom is -0.454 e. The third-order valence-corrected chi connectivity index (χ3v) is 3.25. The molecule has 0 saturated carbocycles. The molecule has 0 radical (unpaired) electrons. The Morgan fingerprint density at radius 1 is 1.20 bits per heavy atom. The van der Waals surface area contributed by atoms with Crippen LogP contribution in [0.25, 0.3) is 6.08 Å². The van der Waals surface area contributed by atoms with Crippen LogP contribution in [-0.2, 0) is 0 Å². The number of carbonyl (C=O) groups excluding carboxylic acids is 1. The first-order valence-electron chi connectivity index (χ1n) is 6.19. The molecule has 3 heterocycles. The van der Waals surface area contributed by atoms with Crippen molar-refractivity contribution in [3.8, 4) is 11.5 Å². The molecule has 0 unspecified atom stereocenters.